The van der Waals surface area contributed by atoms with Gasteiger partial charge in [0.25, 0.3) is 5.91 Å². The molecule has 0 atom stereocenters. The van der Waals surface area contributed by atoms with Gasteiger partial charge in [-0.05, 0) is 24.3 Å². The number of nitrogens with one attached hydrogen (secondary N) is 1. The van der Waals surface area contributed by atoms with Crippen LogP contribution in [0.4, 0.5) is 5.88 Å². The predicted octanol–water partition coefficient (Wildman–Crippen LogP) is 4.25. The number of aromatic nitrogens is 1. The summed E-state index contributed by atoms with van der Waals surface area (Å²) >= 11 is 5.79. The average molecular weight is 299 g/mol. The Morgan fingerprint density at radius 1 is 1.05 bits per heavy atom. The molecule has 21 heavy (non-hydrogen) atoms. The standard InChI is InChI=1S/C16H11ClN2O2/c17-13-8-6-12(7-9-13)16(20)18-15-10-14(19-21-15)11-4-2-1-3-5-11/h1-10H,(H,18,20). The Bertz CT molecular complexity index is 751. The molecule has 4 nitrogen and oxygen atoms in total. The van der Waals surface area contributed by atoms with Gasteiger partial charge in [0.05, 0.1) is 0 Å². The Morgan fingerprint density at radius 3 is 2.48 bits per heavy atom. The Kier molecular flexibility index (Phi) is 3.71. The molecule has 0 saturated carbocycles. The summed E-state index contributed by atoms with van der Waals surface area (Å²) in [5.74, 6) is 0.0243. The molecular formula is C16H11ClN2O2. The molecule has 0 saturated heterocycles. The minimum Gasteiger partial charge on any atom is -0.338 e. The van der Waals surface area contributed by atoms with E-state index in [1.165, 1.54) is 0 Å². The van der Waals surface area contributed by atoms with Gasteiger partial charge in [-0.1, -0.05) is 47.1 Å². The first-order valence-corrected chi connectivity index (χ1v) is 6.69. The average Bonchev–Trinajstić information content (AvgIpc) is 2.97. The van der Waals surface area contributed by atoms with Crippen molar-refractivity contribution in [3.8, 4) is 11.3 Å². The van der Waals surface area contributed by atoms with E-state index in [1.54, 1.807) is 30.3 Å². The monoisotopic (exact) mass is 298 g/mol. The van der Waals surface area contributed by atoms with E-state index in [0.717, 1.165) is 5.56 Å². The second-order valence-electron chi connectivity index (χ2n) is 4.40. The van der Waals surface area contributed by atoms with Crippen LogP contribution in [0.5, 0.6) is 0 Å². The smallest absolute Gasteiger partial charge is 0.258 e. The maximum absolute atomic E-state index is 12.0. The van der Waals surface area contributed by atoms with Gasteiger partial charge in [0.15, 0.2) is 0 Å². The van der Waals surface area contributed by atoms with Gasteiger partial charge in [-0.3, -0.25) is 10.1 Å². The molecule has 104 valence electrons. The lowest BCUT2D eigenvalue weighted by Crippen LogP contribution is -2.10. The van der Waals surface area contributed by atoms with E-state index in [2.05, 4.69) is 10.5 Å². The molecule has 2 aromatic carbocycles. The first-order valence-electron chi connectivity index (χ1n) is 6.31. The molecular weight excluding hydrogens is 288 g/mol. The highest BCUT2D eigenvalue weighted by molar-refractivity contribution is 6.30. The van der Waals surface area contributed by atoms with Crippen molar-refractivity contribution >= 4 is 23.4 Å². The van der Waals surface area contributed by atoms with E-state index in [1.807, 2.05) is 30.3 Å². The van der Waals surface area contributed by atoms with E-state index in [9.17, 15) is 4.79 Å². The lowest BCUT2D eigenvalue weighted by Gasteiger charge is -2.00. The SMILES string of the molecule is O=C(Nc1cc(-c2ccccc2)no1)c1ccc(Cl)cc1. The molecule has 1 amide bonds. The molecule has 1 aromatic heterocycles. The van der Waals surface area contributed by atoms with Crippen LogP contribution in [0.1, 0.15) is 10.4 Å². The van der Waals surface area contributed by atoms with Gasteiger partial charge in [0.2, 0.25) is 5.88 Å². The molecule has 3 aromatic rings. The van der Waals surface area contributed by atoms with Crippen LogP contribution in [0.25, 0.3) is 11.3 Å². The fourth-order valence-electron chi connectivity index (χ4n) is 1.86. The van der Waals surface area contributed by atoms with Crippen molar-refractivity contribution in [1.82, 2.24) is 5.16 Å². The van der Waals surface area contributed by atoms with Crippen molar-refractivity contribution in [1.29, 1.82) is 0 Å². The number of nitrogens with zero attached hydrogens (tertiary/aromatic N) is 1. The zero-order valence-corrected chi connectivity index (χ0v) is 11.7. The molecule has 0 aliphatic rings. The predicted molar refractivity (Wildman–Crippen MR) is 81.3 cm³/mol. The highest BCUT2D eigenvalue weighted by atomic mass is 35.5. The maximum Gasteiger partial charge on any atom is 0.258 e. The molecule has 5 heteroatoms. The minimum atomic E-state index is -0.276. The van der Waals surface area contributed by atoms with E-state index in [-0.39, 0.29) is 5.91 Å². The van der Waals surface area contributed by atoms with Gasteiger partial charge in [-0.25, -0.2) is 0 Å². The third kappa shape index (κ3) is 3.12. The molecule has 0 aliphatic carbocycles. The summed E-state index contributed by atoms with van der Waals surface area (Å²) in [4.78, 5) is 12.0. The summed E-state index contributed by atoms with van der Waals surface area (Å²) < 4.78 is 5.13. The van der Waals surface area contributed by atoms with Crippen molar-refractivity contribution in [2.45, 2.75) is 0 Å². The number of benzene rings is 2. The van der Waals surface area contributed by atoms with E-state index in [4.69, 9.17) is 16.1 Å². The summed E-state index contributed by atoms with van der Waals surface area (Å²) in [6.45, 7) is 0. The van der Waals surface area contributed by atoms with E-state index >= 15 is 0 Å². The number of carbonyl (C=O) groups is 1. The summed E-state index contributed by atoms with van der Waals surface area (Å²) in [5.41, 5.74) is 2.09. The van der Waals surface area contributed by atoms with Crippen LogP contribution < -0.4 is 5.32 Å². The van der Waals surface area contributed by atoms with Crippen LogP contribution in [0, 0.1) is 0 Å². The topological polar surface area (TPSA) is 55.1 Å². The number of amides is 1. The van der Waals surface area contributed by atoms with Gasteiger partial charge in [-0.15, -0.1) is 0 Å². The first kappa shape index (κ1) is 13.4. The maximum atomic E-state index is 12.0. The molecule has 1 heterocycles. The van der Waals surface area contributed by atoms with Gasteiger partial charge >= 0.3 is 0 Å². The second-order valence-corrected chi connectivity index (χ2v) is 4.84. The van der Waals surface area contributed by atoms with Crippen molar-refractivity contribution in [2.24, 2.45) is 0 Å². The summed E-state index contributed by atoms with van der Waals surface area (Å²) in [6, 6.07) is 17.9. The number of carbonyl (C=O) groups excluding carboxylic acids is 1. The normalized spacial score (nSPS) is 10.3. The lowest BCUT2D eigenvalue weighted by molar-refractivity contribution is 0.102. The Balaban J connectivity index is 1.75. The van der Waals surface area contributed by atoms with Crippen LogP contribution in [-0.2, 0) is 0 Å². The highest BCUT2D eigenvalue weighted by Gasteiger charge is 2.11. The molecule has 0 radical (unpaired) electrons. The fourth-order valence-corrected chi connectivity index (χ4v) is 1.99. The van der Waals surface area contributed by atoms with Crippen LogP contribution in [0.3, 0.4) is 0 Å². The number of hydrogen-bond acceptors (Lipinski definition) is 3. The summed E-state index contributed by atoms with van der Waals surface area (Å²) in [7, 11) is 0. The number of halogens is 1. The van der Waals surface area contributed by atoms with Crippen molar-refractivity contribution < 1.29 is 9.32 Å². The van der Waals surface area contributed by atoms with Gasteiger partial charge in [-0.2, -0.15) is 0 Å². The second kappa shape index (κ2) is 5.81. The highest BCUT2D eigenvalue weighted by Crippen LogP contribution is 2.21. The van der Waals surface area contributed by atoms with Gasteiger partial charge in [0, 0.05) is 22.2 Å². The minimum absolute atomic E-state index is 0.276. The van der Waals surface area contributed by atoms with Crippen molar-refractivity contribution in [3.05, 3.63) is 71.2 Å². The Hall–Kier alpha value is -2.59. The Labute approximate surface area is 126 Å². The van der Waals surface area contributed by atoms with Crippen LogP contribution in [0.2, 0.25) is 5.02 Å². The zero-order valence-electron chi connectivity index (χ0n) is 10.9. The third-order valence-electron chi connectivity index (χ3n) is 2.92. The van der Waals surface area contributed by atoms with Crippen LogP contribution >= 0.6 is 11.6 Å². The largest absolute Gasteiger partial charge is 0.338 e. The molecule has 1 N–H and O–H groups in total. The van der Waals surface area contributed by atoms with Crippen molar-refractivity contribution in [3.63, 3.8) is 0 Å². The van der Waals surface area contributed by atoms with Crippen molar-refractivity contribution in [2.75, 3.05) is 5.32 Å². The van der Waals surface area contributed by atoms with Crippen LogP contribution in [-0.4, -0.2) is 11.1 Å². The first-order chi connectivity index (χ1) is 10.2. The number of hydrogen-bond donors (Lipinski definition) is 1. The fraction of sp³-hybridized carbons (Fsp3) is 0. The lowest BCUT2D eigenvalue weighted by atomic mass is 10.1. The summed E-state index contributed by atoms with van der Waals surface area (Å²) in [5, 5.41) is 7.17. The quantitative estimate of drug-likeness (QED) is 0.786. The van der Waals surface area contributed by atoms with Gasteiger partial charge in [0.1, 0.15) is 5.69 Å². The number of anilines is 1. The van der Waals surface area contributed by atoms with Crippen LogP contribution in [0.15, 0.2) is 65.2 Å². The van der Waals surface area contributed by atoms with E-state index < -0.39 is 0 Å². The van der Waals surface area contributed by atoms with E-state index in [0.29, 0.717) is 22.2 Å². The molecule has 0 aliphatic heterocycles. The molecule has 0 unspecified atom stereocenters. The Morgan fingerprint density at radius 2 is 1.76 bits per heavy atom. The number of rotatable bonds is 3. The molecule has 0 spiro atoms. The summed E-state index contributed by atoms with van der Waals surface area (Å²) in [6.07, 6.45) is 0. The molecule has 3 rings (SSSR count). The van der Waals surface area contributed by atoms with Gasteiger partial charge < -0.3 is 4.52 Å². The third-order valence-corrected chi connectivity index (χ3v) is 3.17. The molecule has 0 bridgehead atoms. The molecule has 0 fully saturated rings. The zero-order chi connectivity index (χ0) is 14.7.